The summed E-state index contributed by atoms with van der Waals surface area (Å²) in [5.74, 6) is 1.38. The topological polar surface area (TPSA) is 54.3 Å². The highest BCUT2D eigenvalue weighted by atomic mass is 16.5. The van der Waals surface area contributed by atoms with Crippen LogP contribution in [0, 0.1) is 11.3 Å². The highest BCUT2D eigenvalue weighted by molar-refractivity contribution is 5.59. The lowest BCUT2D eigenvalue weighted by atomic mass is 10.1. The number of benzene rings is 2. The van der Waals surface area contributed by atoms with E-state index in [1.807, 2.05) is 48.5 Å². The Hall–Kier alpha value is -2.67. The first-order valence-corrected chi connectivity index (χ1v) is 6.22. The van der Waals surface area contributed by atoms with Crippen LogP contribution in [0.5, 0.6) is 11.5 Å². The predicted molar refractivity (Wildman–Crippen MR) is 78.0 cm³/mol. The lowest BCUT2D eigenvalue weighted by Crippen LogP contribution is -2.10. The maximum atomic E-state index is 9.42. The standard InChI is InChI=1S/C16H16N2O2/c1-19-15-9-5-3-7-12(15)14(11-17)18-13-8-4-6-10-16(13)20-2/h3-10,14,18H,1-2H3. The number of anilines is 1. The average molecular weight is 268 g/mol. The Morgan fingerprint density at radius 2 is 1.55 bits per heavy atom. The fourth-order valence-corrected chi connectivity index (χ4v) is 2.00. The van der Waals surface area contributed by atoms with E-state index in [1.54, 1.807) is 14.2 Å². The molecule has 1 N–H and O–H groups in total. The van der Waals surface area contributed by atoms with Crippen LogP contribution in [-0.4, -0.2) is 14.2 Å². The molecule has 2 aromatic rings. The lowest BCUT2D eigenvalue weighted by Gasteiger charge is -2.17. The van der Waals surface area contributed by atoms with Gasteiger partial charge in [0.2, 0.25) is 0 Å². The molecule has 0 radical (unpaired) electrons. The van der Waals surface area contributed by atoms with Crippen molar-refractivity contribution in [3.05, 3.63) is 54.1 Å². The molecule has 0 spiro atoms. The van der Waals surface area contributed by atoms with E-state index >= 15 is 0 Å². The molecule has 0 aliphatic rings. The van der Waals surface area contributed by atoms with E-state index < -0.39 is 6.04 Å². The molecule has 0 aliphatic heterocycles. The molecule has 0 aromatic heterocycles. The summed E-state index contributed by atoms with van der Waals surface area (Å²) in [4.78, 5) is 0. The molecular formula is C16H16N2O2. The van der Waals surface area contributed by atoms with Gasteiger partial charge in [-0.1, -0.05) is 30.3 Å². The van der Waals surface area contributed by atoms with Gasteiger partial charge in [-0.05, 0) is 18.2 Å². The van der Waals surface area contributed by atoms with Crippen LogP contribution in [0.1, 0.15) is 11.6 Å². The highest BCUT2D eigenvalue weighted by Gasteiger charge is 2.16. The maximum absolute atomic E-state index is 9.42. The second-order valence-electron chi connectivity index (χ2n) is 4.15. The molecule has 102 valence electrons. The van der Waals surface area contributed by atoms with Crippen molar-refractivity contribution in [1.82, 2.24) is 0 Å². The first-order valence-electron chi connectivity index (χ1n) is 6.22. The van der Waals surface area contributed by atoms with Gasteiger partial charge in [0.25, 0.3) is 0 Å². The van der Waals surface area contributed by atoms with Crippen LogP contribution in [0.4, 0.5) is 5.69 Å². The molecule has 1 atom stereocenters. The summed E-state index contributed by atoms with van der Waals surface area (Å²) in [7, 11) is 3.20. The second-order valence-corrected chi connectivity index (χ2v) is 4.15. The summed E-state index contributed by atoms with van der Waals surface area (Å²) in [6.45, 7) is 0. The number of para-hydroxylation sites is 3. The van der Waals surface area contributed by atoms with E-state index in [0.717, 1.165) is 11.3 Å². The summed E-state index contributed by atoms with van der Waals surface area (Å²) in [5.41, 5.74) is 1.57. The van der Waals surface area contributed by atoms with Crippen molar-refractivity contribution < 1.29 is 9.47 Å². The number of methoxy groups -OCH3 is 2. The van der Waals surface area contributed by atoms with Crippen LogP contribution >= 0.6 is 0 Å². The van der Waals surface area contributed by atoms with Gasteiger partial charge in [-0.15, -0.1) is 0 Å². The Balaban J connectivity index is 2.32. The number of nitrogens with zero attached hydrogens (tertiary/aromatic N) is 1. The molecule has 4 nitrogen and oxygen atoms in total. The maximum Gasteiger partial charge on any atom is 0.143 e. The largest absolute Gasteiger partial charge is 0.496 e. The van der Waals surface area contributed by atoms with Crippen LogP contribution in [0.3, 0.4) is 0 Å². The van der Waals surface area contributed by atoms with Gasteiger partial charge in [-0.25, -0.2) is 0 Å². The van der Waals surface area contributed by atoms with E-state index in [1.165, 1.54) is 0 Å². The molecule has 0 bridgehead atoms. The number of nitrogens with one attached hydrogen (secondary N) is 1. The van der Waals surface area contributed by atoms with E-state index in [9.17, 15) is 5.26 Å². The highest BCUT2D eigenvalue weighted by Crippen LogP contribution is 2.31. The van der Waals surface area contributed by atoms with Crippen molar-refractivity contribution in [1.29, 1.82) is 5.26 Å². The Morgan fingerprint density at radius 1 is 0.950 bits per heavy atom. The molecular weight excluding hydrogens is 252 g/mol. The first-order chi connectivity index (χ1) is 9.80. The van der Waals surface area contributed by atoms with E-state index in [4.69, 9.17) is 9.47 Å². The molecule has 0 heterocycles. The fourth-order valence-electron chi connectivity index (χ4n) is 2.00. The zero-order chi connectivity index (χ0) is 14.4. The minimum Gasteiger partial charge on any atom is -0.496 e. The summed E-state index contributed by atoms with van der Waals surface area (Å²) in [6.07, 6.45) is 0. The van der Waals surface area contributed by atoms with Crippen molar-refractivity contribution in [3.8, 4) is 17.6 Å². The third-order valence-electron chi connectivity index (χ3n) is 2.99. The van der Waals surface area contributed by atoms with Gasteiger partial charge in [0.05, 0.1) is 26.0 Å². The molecule has 2 aromatic carbocycles. The van der Waals surface area contributed by atoms with Gasteiger partial charge in [0.15, 0.2) is 0 Å². The smallest absolute Gasteiger partial charge is 0.143 e. The number of nitriles is 1. The molecule has 0 fully saturated rings. The molecule has 2 rings (SSSR count). The van der Waals surface area contributed by atoms with Crippen LogP contribution < -0.4 is 14.8 Å². The first kappa shape index (κ1) is 13.8. The van der Waals surface area contributed by atoms with Gasteiger partial charge in [-0.2, -0.15) is 5.26 Å². The molecule has 4 heteroatoms. The van der Waals surface area contributed by atoms with Crippen LogP contribution in [0.15, 0.2) is 48.5 Å². The van der Waals surface area contributed by atoms with Gasteiger partial charge < -0.3 is 14.8 Å². The Kier molecular flexibility index (Phi) is 4.46. The lowest BCUT2D eigenvalue weighted by molar-refractivity contribution is 0.408. The summed E-state index contributed by atoms with van der Waals surface area (Å²) in [5, 5.41) is 12.6. The second kappa shape index (κ2) is 6.48. The fraction of sp³-hybridized carbons (Fsp3) is 0.188. The molecule has 0 amide bonds. The molecule has 20 heavy (non-hydrogen) atoms. The number of hydrogen-bond donors (Lipinski definition) is 1. The summed E-state index contributed by atoms with van der Waals surface area (Å²) < 4.78 is 10.6. The Bertz CT molecular complexity index is 620. The predicted octanol–water partition coefficient (Wildman–Crippen LogP) is 3.38. The summed E-state index contributed by atoms with van der Waals surface area (Å²) >= 11 is 0. The third-order valence-corrected chi connectivity index (χ3v) is 2.99. The molecule has 0 aliphatic carbocycles. The van der Waals surface area contributed by atoms with Crippen molar-refractivity contribution in [2.45, 2.75) is 6.04 Å². The molecule has 0 saturated carbocycles. The normalized spacial score (nSPS) is 11.2. The Labute approximate surface area is 118 Å². The van der Waals surface area contributed by atoms with E-state index in [2.05, 4.69) is 11.4 Å². The van der Waals surface area contributed by atoms with Gasteiger partial charge in [0, 0.05) is 5.56 Å². The SMILES string of the molecule is COc1ccccc1NC(C#N)c1ccccc1OC. The number of rotatable bonds is 5. The average Bonchev–Trinajstić information content (AvgIpc) is 2.53. The van der Waals surface area contributed by atoms with Crippen LogP contribution in [0.25, 0.3) is 0 Å². The zero-order valence-electron chi connectivity index (χ0n) is 11.5. The van der Waals surface area contributed by atoms with Gasteiger partial charge >= 0.3 is 0 Å². The molecule has 0 saturated heterocycles. The van der Waals surface area contributed by atoms with Crippen LogP contribution in [-0.2, 0) is 0 Å². The Morgan fingerprint density at radius 3 is 2.20 bits per heavy atom. The quantitative estimate of drug-likeness (QED) is 0.903. The minimum atomic E-state index is -0.512. The van der Waals surface area contributed by atoms with Gasteiger partial charge in [-0.3, -0.25) is 0 Å². The van der Waals surface area contributed by atoms with E-state index in [0.29, 0.717) is 11.5 Å². The van der Waals surface area contributed by atoms with Crippen molar-refractivity contribution in [2.24, 2.45) is 0 Å². The van der Waals surface area contributed by atoms with Crippen molar-refractivity contribution in [2.75, 3.05) is 19.5 Å². The van der Waals surface area contributed by atoms with Crippen molar-refractivity contribution >= 4 is 5.69 Å². The number of hydrogen-bond acceptors (Lipinski definition) is 4. The molecule has 1 unspecified atom stereocenters. The van der Waals surface area contributed by atoms with Crippen LogP contribution in [0.2, 0.25) is 0 Å². The van der Waals surface area contributed by atoms with Gasteiger partial charge in [0.1, 0.15) is 17.5 Å². The third kappa shape index (κ3) is 2.83. The minimum absolute atomic E-state index is 0.512. The van der Waals surface area contributed by atoms with E-state index in [-0.39, 0.29) is 0 Å². The van der Waals surface area contributed by atoms with Crippen molar-refractivity contribution in [3.63, 3.8) is 0 Å². The summed E-state index contributed by atoms with van der Waals surface area (Å²) in [6, 6.07) is 16.7. The number of ether oxygens (including phenoxy) is 2. The zero-order valence-corrected chi connectivity index (χ0v) is 11.5. The monoisotopic (exact) mass is 268 g/mol.